The molecular formula is C15H26BrN3O2S. The molecule has 0 aliphatic carbocycles. The summed E-state index contributed by atoms with van der Waals surface area (Å²) in [5.41, 5.74) is 0. The molecule has 0 spiro atoms. The first-order valence-corrected chi connectivity index (χ1v) is 9.20. The molecule has 0 aliphatic rings. The highest BCUT2D eigenvalue weighted by molar-refractivity contribution is 9.11. The molecule has 0 aliphatic heterocycles. The molecule has 0 saturated carbocycles. The minimum absolute atomic E-state index is 0.645. The number of guanidine groups is 1. The molecule has 1 rings (SSSR count). The molecule has 2 N–H and O–H groups in total. The van der Waals surface area contributed by atoms with Crippen LogP contribution in [0.15, 0.2) is 20.9 Å². The fourth-order valence-electron chi connectivity index (χ4n) is 1.73. The summed E-state index contributed by atoms with van der Waals surface area (Å²) in [5, 5.41) is 6.62. The number of aliphatic imine (C=N–C) groups is 1. The van der Waals surface area contributed by atoms with Crippen LogP contribution in [0, 0.1) is 0 Å². The maximum Gasteiger partial charge on any atom is 0.191 e. The van der Waals surface area contributed by atoms with Gasteiger partial charge in [0.25, 0.3) is 0 Å². The highest BCUT2D eigenvalue weighted by Gasteiger charge is 2.00. The maximum absolute atomic E-state index is 5.42. The lowest BCUT2D eigenvalue weighted by Crippen LogP contribution is -2.38. The topological polar surface area (TPSA) is 54.9 Å². The highest BCUT2D eigenvalue weighted by Crippen LogP contribution is 2.21. The van der Waals surface area contributed by atoms with Crippen molar-refractivity contribution in [3.8, 4) is 0 Å². The summed E-state index contributed by atoms with van der Waals surface area (Å²) in [4.78, 5) is 5.91. The van der Waals surface area contributed by atoms with E-state index < -0.39 is 0 Å². The van der Waals surface area contributed by atoms with Crippen molar-refractivity contribution in [3.63, 3.8) is 0 Å². The number of halogens is 1. The zero-order valence-electron chi connectivity index (χ0n) is 13.4. The average molecular weight is 392 g/mol. The smallest absolute Gasteiger partial charge is 0.191 e. The molecule has 1 aromatic heterocycles. The molecule has 0 atom stereocenters. The van der Waals surface area contributed by atoms with Gasteiger partial charge in [0, 0.05) is 38.2 Å². The number of thiophene rings is 1. The van der Waals surface area contributed by atoms with Crippen LogP contribution < -0.4 is 10.6 Å². The third kappa shape index (κ3) is 9.40. The van der Waals surface area contributed by atoms with Gasteiger partial charge in [0.1, 0.15) is 0 Å². The van der Waals surface area contributed by atoms with Crippen LogP contribution in [0.5, 0.6) is 0 Å². The van der Waals surface area contributed by atoms with Crippen LogP contribution in [0.25, 0.3) is 0 Å². The molecular weight excluding hydrogens is 366 g/mol. The van der Waals surface area contributed by atoms with E-state index in [4.69, 9.17) is 9.47 Å². The van der Waals surface area contributed by atoms with Crippen molar-refractivity contribution in [3.05, 3.63) is 20.8 Å². The number of hydrogen-bond donors (Lipinski definition) is 2. The largest absolute Gasteiger partial charge is 0.382 e. The summed E-state index contributed by atoms with van der Waals surface area (Å²) in [6.07, 6.45) is 1.92. The van der Waals surface area contributed by atoms with Gasteiger partial charge in [-0.25, -0.2) is 0 Å². The van der Waals surface area contributed by atoms with Gasteiger partial charge in [-0.15, -0.1) is 11.3 Å². The van der Waals surface area contributed by atoms with Crippen molar-refractivity contribution in [2.24, 2.45) is 4.99 Å². The van der Waals surface area contributed by atoms with Gasteiger partial charge < -0.3 is 20.1 Å². The summed E-state index contributed by atoms with van der Waals surface area (Å²) in [6.45, 7) is 6.58. The van der Waals surface area contributed by atoms with Crippen LogP contribution in [0.1, 0.15) is 18.2 Å². The first-order valence-electron chi connectivity index (χ1n) is 7.59. The van der Waals surface area contributed by atoms with Crippen molar-refractivity contribution in [2.75, 3.05) is 46.6 Å². The number of hydrogen-bond acceptors (Lipinski definition) is 4. The summed E-state index contributed by atoms with van der Waals surface area (Å²) >= 11 is 5.26. The predicted octanol–water partition coefficient (Wildman–Crippen LogP) is 2.66. The maximum atomic E-state index is 5.42. The third-order valence-corrected chi connectivity index (χ3v) is 4.47. The molecule has 5 nitrogen and oxygen atoms in total. The Bertz CT molecular complexity index is 427. The Kier molecular flexibility index (Phi) is 11.4. The Morgan fingerprint density at radius 3 is 2.82 bits per heavy atom. The Morgan fingerprint density at radius 1 is 1.27 bits per heavy atom. The van der Waals surface area contributed by atoms with Crippen LogP contribution in [0.3, 0.4) is 0 Å². The van der Waals surface area contributed by atoms with Crippen molar-refractivity contribution in [2.45, 2.75) is 19.8 Å². The van der Waals surface area contributed by atoms with Gasteiger partial charge in [-0.3, -0.25) is 4.99 Å². The Morgan fingerprint density at radius 2 is 2.14 bits per heavy atom. The second kappa shape index (κ2) is 12.9. The molecule has 0 radical (unpaired) electrons. The van der Waals surface area contributed by atoms with Crippen molar-refractivity contribution in [1.82, 2.24) is 10.6 Å². The van der Waals surface area contributed by atoms with Crippen LogP contribution in [0.2, 0.25) is 0 Å². The first kappa shape index (κ1) is 19.4. The standard InChI is InChI=1S/C15H26BrN3O2S/c1-3-17-15(18-8-4-10-21-12-11-20-2)19-9-7-13-5-6-14(16)22-13/h5-6H,3-4,7-12H2,1-2H3,(H2,17,18,19). The van der Waals surface area contributed by atoms with Crippen LogP contribution in [0.4, 0.5) is 0 Å². The summed E-state index contributed by atoms with van der Waals surface area (Å²) in [5.74, 6) is 0.870. The predicted molar refractivity (Wildman–Crippen MR) is 97.0 cm³/mol. The lowest BCUT2D eigenvalue weighted by atomic mass is 10.3. The van der Waals surface area contributed by atoms with E-state index in [0.29, 0.717) is 13.2 Å². The Hall–Kier alpha value is -0.630. The SMILES string of the molecule is CCNC(=NCCCOCCOC)NCCc1ccc(Br)s1. The van der Waals surface area contributed by atoms with Gasteiger partial charge in [0.2, 0.25) is 0 Å². The number of ether oxygens (including phenoxy) is 2. The molecule has 0 amide bonds. The first-order chi connectivity index (χ1) is 10.8. The summed E-state index contributed by atoms with van der Waals surface area (Å²) in [6, 6.07) is 4.24. The molecule has 1 heterocycles. The zero-order valence-corrected chi connectivity index (χ0v) is 15.8. The quantitative estimate of drug-likeness (QED) is 0.345. The lowest BCUT2D eigenvalue weighted by molar-refractivity contribution is 0.0702. The van der Waals surface area contributed by atoms with E-state index in [-0.39, 0.29) is 0 Å². The molecule has 22 heavy (non-hydrogen) atoms. The summed E-state index contributed by atoms with van der Waals surface area (Å²) in [7, 11) is 1.68. The van der Waals surface area contributed by atoms with Crippen molar-refractivity contribution >= 4 is 33.2 Å². The minimum Gasteiger partial charge on any atom is -0.382 e. The molecule has 0 bridgehead atoms. The molecule has 0 saturated heterocycles. The lowest BCUT2D eigenvalue weighted by Gasteiger charge is -2.10. The van der Waals surface area contributed by atoms with Gasteiger partial charge in [-0.1, -0.05) is 0 Å². The number of methoxy groups -OCH3 is 1. The van der Waals surface area contributed by atoms with Gasteiger partial charge in [0.15, 0.2) is 5.96 Å². The van der Waals surface area contributed by atoms with Gasteiger partial charge in [-0.2, -0.15) is 0 Å². The number of rotatable bonds is 11. The fraction of sp³-hybridized carbons (Fsp3) is 0.667. The zero-order chi connectivity index (χ0) is 16.0. The van der Waals surface area contributed by atoms with E-state index in [0.717, 1.165) is 45.0 Å². The number of nitrogens with one attached hydrogen (secondary N) is 2. The monoisotopic (exact) mass is 391 g/mol. The molecule has 1 aromatic rings. The molecule has 0 unspecified atom stereocenters. The molecule has 0 aromatic carbocycles. The average Bonchev–Trinajstić information content (AvgIpc) is 2.92. The van der Waals surface area contributed by atoms with E-state index >= 15 is 0 Å². The minimum atomic E-state index is 0.645. The van der Waals surface area contributed by atoms with E-state index in [1.165, 1.54) is 8.66 Å². The normalized spacial score (nSPS) is 11.7. The third-order valence-electron chi connectivity index (χ3n) is 2.79. The van der Waals surface area contributed by atoms with Gasteiger partial charge in [0.05, 0.1) is 17.0 Å². The fourth-order valence-corrected chi connectivity index (χ4v) is 3.22. The molecule has 126 valence electrons. The molecule has 0 fully saturated rings. The molecule has 7 heteroatoms. The Balaban J connectivity index is 2.18. The van der Waals surface area contributed by atoms with Crippen molar-refractivity contribution < 1.29 is 9.47 Å². The van der Waals surface area contributed by atoms with E-state index in [1.54, 1.807) is 18.4 Å². The number of nitrogens with zero attached hydrogens (tertiary/aromatic N) is 1. The van der Waals surface area contributed by atoms with Crippen LogP contribution in [-0.4, -0.2) is 52.5 Å². The second-order valence-corrected chi connectivity index (χ2v) is 7.15. The van der Waals surface area contributed by atoms with Crippen molar-refractivity contribution in [1.29, 1.82) is 0 Å². The Labute approximate surface area is 145 Å². The van der Waals surface area contributed by atoms with Gasteiger partial charge >= 0.3 is 0 Å². The van der Waals surface area contributed by atoms with E-state index in [2.05, 4.69) is 50.6 Å². The van der Waals surface area contributed by atoms with Crippen LogP contribution >= 0.6 is 27.3 Å². The van der Waals surface area contributed by atoms with E-state index in [9.17, 15) is 0 Å². The highest BCUT2D eigenvalue weighted by atomic mass is 79.9. The second-order valence-electron chi connectivity index (χ2n) is 4.60. The van der Waals surface area contributed by atoms with E-state index in [1.807, 2.05) is 0 Å². The summed E-state index contributed by atoms with van der Waals surface area (Å²) < 4.78 is 11.5. The van der Waals surface area contributed by atoms with Gasteiger partial charge in [-0.05, 0) is 47.8 Å². The van der Waals surface area contributed by atoms with Crippen LogP contribution in [-0.2, 0) is 15.9 Å².